The van der Waals surface area contributed by atoms with E-state index in [0.717, 1.165) is 13.1 Å². The summed E-state index contributed by atoms with van der Waals surface area (Å²) in [5.41, 5.74) is 0.844. The molecule has 2 N–H and O–H groups in total. The van der Waals surface area contributed by atoms with Gasteiger partial charge < -0.3 is 14.5 Å². The Morgan fingerprint density at radius 3 is 2.62 bits per heavy atom. The lowest BCUT2D eigenvalue weighted by molar-refractivity contribution is 0.0381. The molecule has 3 heterocycles. The number of fused-ring (bicyclic) bond motifs is 1. The number of carbonyl (C=O) groups is 1. The summed E-state index contributed by atoms with van der Waals surface area (Å²) in [5.74, 6) is -0.514. The highest BCUT2D eigenvalue weighted by Crippen LogP contribution is 2.35. The Morgan fingerprint density at radius 2 is 1.94 bits per heavy atom. The Kier molecular flexibility index (Phi) is 7.70. The average Bonchev–Trinajstić information content (AvgIpc) is 3.17. The van der Waals surface area contributed by atoms with Crippen molar-refractivity contribution in [3.05, 3.63) is 45.3 Å². The summed E-state index contributed by atoms with van der Waals surface area (Å²) in [7, 11) is -2.15. The number of amides is 1. The summed E-state index contributed by atoms with van der Waals surface area (Å²) in [6.07, 6.45) is 0.477. The average molecular weight is 602 g/mol. The zero-order chi connectivity index (χ0) is 24.3. The number of halogens is 2. The molecule has 4 rings (SSSR count). The minimum atomic E-state index is -3.65. The summed E-state index contributed by atoms with van der Waals surface area (Å²) in [5, 5.41) is 3.01. The molecule has 0 spiro atoms. The Balaban J connectivity index is 1.59. The molecule has 2 aromatic heterocycles. The first-order chi connectivity index (χ1) is 16.3. The molecule has 9 nitrogen and oxygen atoms in total. The number of aromatic nitrogens is 1. The minimum Gasteiger partial charge on any atom is -0.437 e. The number of pyridine rings is 1. The molecule has 3 aromatic rings. The Labute approximate surface area is 210 Å². The monoisotopic (exact) mass is 602 g/mol. The molecule has 0 atom stereocenters. The van der Waals surface area contributed by atoms with Gasteiger partial charge in [0.05, 0.1) is 33.5 Å². The quantitative estimate of drug-likeness (QED) is 0.381. The number of hydrogen-bond donors (Lipinski definition) is 2. The van der Waals surface area contributed by atoms with Crippen LogP contribution < -0.4 is 10.0 Å². The Hall–Kier alpha value is -2.29. The van der Waals surface area contributed by atoms with Crippen LogP contribution in [0.4, 0.5) is 10.2 Å². The summed E-state index contributed by atoms with van der Waals surface area (Å²) in [4.78, 5) is 19.2. The van der Waals surface area contributed by atoms with Crippen molar-refractivity contribution < 1.29 is 26.8 Å². The summed E-state index contributed by atoms with van der Waals surface area (Å²) < 4.78 is 53.0. The lowest BCUT2D eigenvalue weighted by Gasteiger charge is -2.26. The van der Waals surface area contributed by atoms with Gasteiger partial charge in [0.2, 0.25) is 15.7 Å². The third kappa shape index (κ3) is 5.67. The van der Waals surface area contributed by atoms with E-state index in [1.54, 1.807) is 6.07 Å². The lowest BCUT2D eigenvalue weighted by Crippen LogP contribution is -2.37. The van der Waals surface area contributed by atoms with Crippen LogP contribution in [0.2, 0.25) is 0 Å². The summed E-state index contributed by atoms with van der Waals surface area (Å²) in [6, 6.07) is 7.19. The third-order valence-corrected chi connectivity index (χ3v) is 7.59. The molecule has 0 unspecified atom stereocenters. The van der Waals surface area contributed by atoms with Crippen LogP contribution in [-0.2, 0) is 14.8 Å². The predicted octanol–water partition coefficient (Wildman–Crippen LogP) is 3.06. The van der Waals surface area contributed by atoms with Crippen LogP contribution in [0.15, 0.2) is 34.7 Å². The van der Waals surface area contributed by atoms with Gasteiger partial charge in [0.15, 0.2) is 5.82 Å². The number of hydrogen-bond acceptors (Lipinski definition) is 7. The van der Waals surface area contributed by atoms with Gasteiger partial charge in [0.25, 0.3) is 5.91 Å². The largest absolute Gasteiger partial charge is 0.437 e. The van der Waals surface area contributed by atoms with E-state index in [9.17, 15) is 17.6 Å². The number of sulfonamides is 1. The molecule has 1 aliphatic heterocycles. The van der Waals surface area contributed by atoms with Crippen LogP contribution in [0.25, 0.3) is 22.4 Å². The van der Waals surface area contributed by atoms with Crippen molar-refractivity contribution >= 4 is 55.4 Å². The Morgan fingerprint density at radius 1 is 1.24 bits per heavy atom. The first kappa shape index (κ1) is 24.8. The number of rotatable bonds is 8. The maximum Gasteiger partial charge on any atom is 0.255 e. The first-order valence-electron chi connectivity index (χ1n) is 10.7. The third-order valence-electron chi connectivity index (χ3n) is 5.44. The molecule has 0 aliphatic carbocycles. The molecule has 0 radical (unpaired) electrons. The number of furan rings is 1. The van der Waals surface area contributed by atoms with Gasteiger partial charge in [-0.05, 0) is 65.9 Å². The van der Waals surface area contributed by atoms with Crippen molar-refractivity contribution in [1.82, 2.24) is 15.2 Å². The molecule has 12 heteroatoms. The number of nitrogens with one attached hydrogen (secondary N) is 2. The second-order valence-electron chi connectivity index (χ2n) is 7.79. The van der Waals surface area contributed by atoms with Gasteiger partial charge in [0.1, 0.15) is 11.6 Å². The number of ether oxygens (including phenoxy) is 1. The molecule has 1 amide bonds. The molecule has 0 bridgehead atoms. The number of carbonyl (C=O) groups excluding carboxylic acids is 1. The van der Waals surface area contributed by atoms with E-state index in [-0.39, 0.29) is 28.6 Å². The van der Waals surface area contributed by atoms with E-state index in [1.807, 2.05) is 22.6 Å². The molecule has 1 aromatic carbocycles. The van der Waals surface area contributed by atoms with Crippen LogP contribution in [0.5, 0.6) is 0 Å². The van der Waals surface area contributed by atoms with Crippen molar-refractivity contribution in [2.75, 3.05) is 50.4 Å². The van der Waals surface area contributed by atoms with E-state index >= 15 is 0 Å². The predicted molar refractivity (Wildman–Crippen MR) is 135 cm³/mol. The fraction of sp³-hybridized carbons (Fsp3) is 0.364. The van der Waals surface area contributed by atoms with Gasteiger partial charge >= 0.3 is 0 Å². The second kappa shape index (κ2) is 10.5. The fourth-order valence-electron chi connectivity index (χ4n) is 3.73. The molecular weight excluding hydrogens is 578 g/mol. The molecular formula is C22H24FIN4O5S. The maximum absolute atomic E-state index is 13.4. The highest BCUT2D eigenvalue weighted by atomic mass is 127. The van der Waals surface area contributed by atoms with Gasteiger partial charge in [-0.25, -0.2) is 12.8 Å². The van der Waals surface area contributed by atoms with E-state index < -0.39 is 21.7 Å². The van der Waals surface area contributed by atoms with E-state index in [0.29, 0.717) is 40.7 Å². The number of morpholine rings is 1. The van der Waals surface area contributed by atoms with E-state index in [1.165, 1.54) is 31.3 Å². The van der Waals surface area contributed by atoms with E-state index in [4.69, 9.17) is 9.15 Å². The Bertz CT molecular complexity index is 1290. The first-order valence-corrected chi connectivity index (χ1v) is 13.4. The van der Waals surface area contributed by atoms with Crippen LogP contribution in [0.1, 0.15) is 16.8 Å². The van der Waals surface area contributed by atoms with Crippen LogP contribution in [0.3, 0.4) is 0 Å². The highest BCUT2D eigenvalue weighted by Gasteiger charge is 2.25. The molecule has 1 aliphatic rings. The van der Waals surface area contributed by atoms with E-state index in [2.05, 4.69) is 19.9 Å². The zero-order valence-electron chi connectivity index (χ0n) is 18.4. The summed E-state index contributed by atoms with van der Waals surface area (Å²) >= 11 is 1.97. The van der Waals surface area contributed by atoms with Crippen molar-refractivity contribution in [3.63, 3.8) is 0 Å². The normalized spacial score (nSPS) is 14.9. The van der Waals surface area contributed by atoms with Crippen molar-refractivity contribution in [3.8, 4) is 11.3 Å². The van der Waals surface area contributed by atoms with Crippen molar-refractivity contribution in [2.24, 2.45) is 0 Å². The molecule has 1 fully saturated rings. The number of anilines is 1. The topological polar surface area (TPSA) is 114 Å². The summed E-state index contributed by atoms with van der Waals surface area (Å²) in [6.45, 7) is 3.59. The fourth-order valence-corrected chi connectivity index (χ4v) is 5.54. The zero-order valence-corrected chi connectivity index (χ0v) is 21.4. The number of benzene rings is 1. The van der Waals surface area contributed by atoms with Crippen LogP contribution >= 0.6 is 22.6 Å². The molecule has 1 saturated heterocycles. The molecule has 182 valence electrons. The lowest BCUT2D eigenvalue weighted by atomic mass is 10.1. The standard InChI is InChI=1S/C22H24FIN4O5S/c1-25-21(29)18-16-13-17(24)20(26-22(16)33-19(18)14-3-5-15(23)6-4-14)27-34(30,31)12-2-7-28-8-10-32-11-9-28/h3-6,13H,2,7-12H2,1H3,(H,25,29)(H,26,27). The van der Waals surface area contributed by atoms with Gasteiger partial charge in [-0.15, -0.1) is 0 Å². The molecule has 0 saturated carbocycles. The van der Waals surface area contributed by atoms with Crippen LogP contribution in [-0.4, -0.2) is 69.9 Å². The maximum atomic E-state index is 13.4. The molecule has 34 heavy (non-hydrogen) atoms. The van der Waals surface area contributed by atoms with Crippen molar-refractivity contribution in [1.29, 1.82) is 0 Å². The SMILES string of the molecule is CNC(=O)c1c(-c2ccc(F)cc2)oc2nc(NS(=O)(=O)CCCN3CCOCC3)c(I)cc12. The highest BCUT2D eigenvalue weighted by molar-refractivity contribution is 14.1. The van der Waals surface area contributed by atoms with Gasteiger partial charge in [-0.2, -0.15) is 4.98 Å². The van der Waals surface area contributed by atoms with Crippen molar-refractivity contribution in [2.45, 2.75) is 6.42 Å². The van der Waals surface area contributed by atoms with Crippen LogP contribution in [0, 0.1) is 9.39 Å². The van der Waals surface area contributed by atoms with Gasteiger partial charge in [-0.3, -0.25) is 14.4 Å². The number of nitrogens with zero attached hydrogens (tertiary/aromatic N) is 2. The second-order valence-corrected chi connectivity index (χ2v) is 10.8. The van der Waals surface area contributed by atoms with Gasteiger partial charge in [-0.1, -0.05) is 0 Å². The van der Waals surface area contributed by atoms with Gasteiger partial charge in [0, 0.05) is 25.7 Å². The minimum absolute atomic E-state index is 0.0529. The smallest absolute Gasteiger partial charge is 0.255 e.